The molecule has 0 aliphatic rings. The molecule has 12 heavy (non-hydrogen) atoms. The number of halogens is 2. The van der Waals surface area contributed by atoms with Gasteiger partial charge in [0.05, 0.1) is 0 Å². The highest BCUT2D eigenvalue weighted by atomic mass is 35.5. The second-order valence-electron chi connectivity index (χ2n) is 2.11. The van der Waals surface area contributed by atoms with Crippen molar-refractivity contribution in [2.45, 2.75) is 6.42 Å². The van der Waals surface area contributed by atoms with Crippen molar-refractivity contribution in [1.82, 2.24) is 10.2 Å². The third-order valence-corrected chi connectivity index (χ3v) is 1.79. The third-order valence-electron chi connectivity index (χ3n) is 1.28. The van der Waals surface area contributed by atoms with Gasteiger partial charge in [-0.2, -0.15) is 0 Å². The topological polar surface area (TPSA) is 30.1 Å². The lowest BCUT2D eigenvalue weighted by atomic mass is 10.2. The van der Waals surface area contributed by atoms with Crippen molar-refractivity contribution in [2.24, 2.45) is 0 Å². The lowest BCUT2D eigenvalue weighted by Gasteiger charge is -1.97. The van der Waals surface area contributed by atoms with Gasteiger partial charge >= 0.3 is 0 Å². The molecule has 0 unspecified atom stereocenters. The van der Waals surface area contributed by atoms with Gasteiger partial charge in [-0.3, -0.25) is 0 Å². The molecular weight excluding hydrogens is 197 g/mol. The van der Waals surface area contributed by atoms with Crippen molar-refractivity contribution < 1.29 is 0 Å². The van der Waals surface area contributed by atoms with E-state index in [0.29, 0.717) is 23.3 Å². The zero-order valence-corrected chi connectivity index (χ0v) is 7.60. The highest BCUT2D eigenvalue weighted by Crippen LogP contribution is 2.15. The van der Waals surface area contributed by atoms with E-state index in [1.54, 1.807) is 6.07 Å². The summed E-state index contributed by atoms with van der Waals surface area (Å²) in [7, 11) is 0. The molecule has 0 amide bonds. The number of hydrogen-bond acceptors (Lipinski definition) is 2. The first-order valence-corrected chi connectivity index (χ1v) is 4.00. The highest BCUT2D eigenvalue weighted by Gasteiger charge is 2.04. The Morgan fingerprint density at radius 3 is 2.83 bits per heavy atom. The molecule has 0 radical (unpaired) electrons. The number of rotatable bonds is 2. The SMILES string of the molecule is [C-]#[N+]CCc1cc(Cl)nnc1Cl. The van der Waals surface area contributed by atoms with Gasteiger partial charge < -0.3 is 4.85 Å². The highest BCUT2D eigenvalue weighted by molar-refractivity contribution is 6.31. The summed E-state index contributed by atoms with van der Waals surface area (Å²) in [4.78, 5) is 3.20. The Labute approximate surface area is 80.1 Å². The molecule has 1 heterocycles. The Kier molecular flexibility index (Phi) is 3.27. The van der Waals surface area contributed by atoms with E-state index in [-0.39, 0.29) is 0 Å². The summed E-state index contributed by atoms with van der Waals surface area (Å²) in [5, 5.41) is 7.79. The molecule has 0 aliphatic heterocycles. The van der Waals surface area contributed by atoms with Crippen LogP contribution in [-0.2, 0) is 6.42 Å². The lowest BCUT2D eigenvalue weighted by Crippen LogP contribution is -1.93. The summed E-state index contributed by atoms with van der Waals surface area (Å²) < 4.78 is 0. The first-order valence-electron chi connectivity index (χ1n) is 3.25. The van der Waals surface area contributed by atoms with Crippen molar-refractivity contribution in [3.05, 3.63) is 33.4 Å². The van der Waals surface area contributed by atoms with Crippen LogP contribution in [0.1, 0.15) is 5.56 Å². The molecule has 0 N–H and O–H groups in total. The first kappa shape index (κ1) is 9.24. The summed E-state index contributed by atoms with van der Waals surface area (Å²) in [6.45, 7) is 6.98. The second kappa shape index (κ2) is 4.24. The molecule has 0 aromatic carbocycles. The molecule has 1 aromatic heterocycles. The van der Waals surface area contributed by atoms with E-state index < -0.39 is 0 Å². The Morgan fingerprint density at radius 2 is 2.17 bits per heavy atom. The summed E-state index contributed by atoms with van der Waals surface area (Å²) in [6.07, 6.45) is 0.567. The Balaban J connectivity index is 2.84. The third kappa shape index (κ3) is 2.33. The minimum atomic E-state index is 0.305. The fourth-order valence-electron chi connectivity index (χ4n) is 0.740. The molecule has 3 nitrogen and oxygen atoms in total. The van der Waals surface area contributed by atoms with Gasteiger partial charge in [-0.1, -0.05) is 23.2 Å². The maximum absolute atomic E-state index is 6.59. The summed E-state index contributed by atoms with van der Waals surface area (Å²) in [5.74, 6) is 0. The van der Waals surface area contributed by atoms with Gasteiger partial charge in [0.15, 0.2) is 10.3 Å². The van der Waals surface area contributed by atoms with E-state index in [9.17, 15) is 0 Å². The minimum Gasteiger partial charge on any atom is -0.317 e. The van der Waals surface area contributed by atoms with Gasteiger partial charge in [0.2, 0.25) is 6.54 Å². The molecule has 0 saturated heterocycles. The standard InChI is InChI=1S/C7H5Cl2N3/c1-10-3-2-5-4-6(8)11-12-7(5)9/h4H,2-3H2. The van der Waals surface area contributed by atoms with Crippen LogP contribution in [0.2, 0.25) is 10.3 Å². The van der Waals surface area contributed by atoms with Gasteiger partial charge in [0.25, 0.3) is 0 Å². The van der Waals surface area contributed by atoms with Crippen molar-refractivity contribution in [2.75, 3.05) is 6.54 Å². The zero-order valence-electron chi connectivity index (χ0n) is 6.09. The van der Waals surface area contributed by atoms with Crippen LogP contribution in [0.25, 0.3) is 4.85 Å². The van der Waals surface area contributed by atoms with Crippen LogP contribution in [0.3, 0.4) is 0 Å². The van der Waals surface area contributed by atoms with E-state index in [2.05, 4.69) is 15.0 Å². The molecule has 0 fully saturated rings. The first-order chi connectivity index (χ1) is 5.74. The van der Waals surface area contributed by atoms with E-state index in [1.807, 2.05) is 0 Å². The van der Waals surface area contributed by atoms with Gasteiger partial charge in [-0.25, -0.2) is 6.57 Å². The fourth-order valence-corrected chi connectivity index (χ4v) is 1.10. The average Bonchev–Trinajstić information content (AvgIpc) is 2.07. The van der Waals surface area contributed by atoms with Crippen molar-refractivity contribution in [3.63, 3.8) is 0 Å². The molecule has 5 heteroatoms. The Hall–Kier alpha value is -0.850. The molecular formula is C7H5Cl2N3. The van der Waals surface area contributed by atoms with E-state index in [4.69, 9.17) is 29.8 Å². The molecule has 0 bridgehead atoms. The van der Waals surface area contributed by atoms with Gasteiger partial charge in [-0.05, 0) is 6.07 Å². The molecule has 62 valence electrons. The van der Waals surface area contributed by atoms with Crippen LogP contribution in [0.5, 0.6) is 0 Å². The molecule has 0 spiro atoms. The summed E-state index contributed by atoms with van der Waals surface area (Å²) >= 11 is 11.3. The number of nitrogens with zero attached hydrogens (tertiary/aromatic N) is 3. The van der Waals surface area contributed by atoms with Crippen LogP contribution in [0, 0.1) is 6.57 Å². The fraction of sp³-hybridized carbons (Fsp3) is 0.286. The normalized spacial score (nSPS) is 9.42. The average molecular weight is 202 g/mol. The maximum atomic E-state index is 6.59. The number of aromatic nitrogens is 2. The van der Waals surface area contributed by atoms with Crippen LogP contribution in [0.4, 0.5) is 0 Å². The largest absolute Gasteiger partial charge is 0.317 e. The van der Waals surface area contributed by atoms with Crippen molar-refractivity contribution in [1.29, 1.82) is 0 Å². The molecule has 0 aliphatic carbocycles. The van der Waals surface area contributed by atoms with Crippen LogP contribution in [0.15, 0.2) is 6.07 Å². The van der Waals surface area contributed by atoms with E-state index >= 15 is 0 Å². The predicted octanol–water partition coefficient (Wildman–Crippen LogP) is 2.25. The Morgan fingerprint density at radius 1 is 1.42 bits per heavy atom. The molecule has 1 aromatic rings. The number of hydrogen-bond donors (Lipinski definition) is 0. The van der Waals surface area contributed by atoms with Crippen molar-refractivity contribution in [3.8, 4) is 0 Å². The van der Waals surface area contributed by atoms with Gasteiger partial charge in [-0.15, -0.1) is 10.2 Å². The quantitative estimate of drug-likeness (QED) is 0.688. The van der Waals surface area contributed by atoms with E-state index in [0.717, 1.165) is 5.56 Å². The van der Waals surface area contributed by atoms with Crippen LogP contribution < -0.4 is 0 Å². The monoisotopic (exact) mass is 201 g/mol. The summed E-state index contributed by atoms with van der Waals surface area (Å²) in [6, 6.07) is 1.63. The predicted molar refractivity (Wildman–Crippen MR) is 47.2 cm³/mol. The minimum absolute atomic E-state index is 0.305. The van der Waals surface area contributed by atoms with Gasteiger partial charge in [0.1, 0.15) is 0 Å². The van der Waals surface area contributed by atoms with E-state index in [1.165, 1.54) is 0 Å². The summed E-state index contributed by atoms with van der Waals surface area (Å²) in [5.41, 5.74) is 0.771. The van der Waals surface area contributed by atoms with Crippen molar-refractivity contribution >= 4 is 23.2 Å². The van der Waals surface area contributed by atoms with Crippen LogP contribution >= 0.6 is 23.2 Å². The van der Waals surface area contributed by atoms with Gasteiger partial charge in [0, 0.05) is 12.0 Å². The second-order valence-corrected chi connectivity index (χ2v) is 2.86. The smallest absolute Gasteiger partial charge is 0.218 e. The Bertz CT molecular complexity index is 319. The molecule has 0 atom stereocenters. The zero-order chi connectivity index (χ0) is 8.97. The van der Waals surface area contributed by atoms with Crippen LogP contribution in [-0.4, -0.2) is 16.7 Å². The molecule has 1 rings (SSSR count). The molecule has 0 saturated carbocycles. The maximum Gasteiger partial charge on any atom is 0.218 e. The lowest BCUT2D eigenvalue weighted by molar-refractivity contribution is 0.971.